The fraction of sp³-hybridized carbons (Fsp3) is 0.0175. The minimum absolute atomic E-state index is 0.604. The lowest BCUT2D eigenvalue weighted by Gasteiger charge is -2.37. The van der Waals surface area contributed by atoms with Gasteiger partial charge in [-0.05, 0) is 66.8 Å². The van der Waals surface area contributed by atoms with Crippen molar-refractivity contribution in [2.45, 2.75) is 5.41 Å². The largest absolute Gasteiger partial charge is 0.0701 e. The van der Waals surface area contributed by atoms with E-state index in [0.29, 0.717) is 0 Å². The summed E-state index contributed by atoms with van der Waals surface area (Å²) < 4.78 is 0. The molecule has 0 saturated heterocycles. The maximum atomic E-state index is 2.31. The molecule has 8 rings (SSSR count). The summed E-state index contributed by atoms with van der Waals surface area (Å²) in [5.74, 6) is 0. The maximum absolute atomic E-state index is 2.31. The van der Waals surface area contributed by atoms with Gasteiger partial charge in [0.15, 0.2) is 0 Å². The molecule has 0 heterocycles. The third kappa shape index (κ3) is 9.00. The van der Waals surface area contributed by atoms with E-state index in [9.17, 15) is 0 Å². The number of hydrogen-bond donors (Lipinski definition) is 0. The van der Waals surface area contributed by atoms with Crippen LogP contribution in [0.25, 0.3) is 48.6 Å². The van der Waals surface area contributed by atoms with Crippen LogP contribution in [0.5, 0.6) is 0 Å². The lowest BCUT2D eigenvalue weighted by atomic mass is 9.64. The molecule has 57 heavy (non-hydrogen) atoms. The van der Waals surface area contributed by atoms with Crippen molar-refractivity contribution in [3.8, 4) is 0 Å². The molecule has 0 radical (unpaired) electrons. The van der Waals surface area contributed by atoms with Gasteiger partial charge in [0, 0.05) is 0 Å². The first kappa shape index (κ1) is 36.7. The van der Waals surface area contributed by atoms with Gasteiger partial charge < -0.3 is 0 Å². The molecule has 0 saturated carbocycles. The molecule has 0 amide bonds. The third-order valence-corrected chi connectivity index (χ3v) is 10.4. The highest BCUT2D eigenvalue weighted by atomic mass is 14.4. The first-order valence-corrected chi connectivity index (χ1v) is 19.6. The standard InChI is InChI=1S/C57H44/c1-5-13-45(14-6-1)21-25-49-29-37-53(38-30-49)57(54-39-31-50(32-40-54)26-22-46-15-7-2-8-16-46,55-41-33-51(34-42-55)27-23-47-17-9-3-10-18-47)56-43-35-52(36-44-56)28-24-48-19-11-4-12-20-48/h1-44H/b25-21+,26-22+,27-23+,28-24+. The number of rotatable bonds is 12. The molecule has 0 aliphatic rings. The highest BCUT2D eigenvalue weighted by molar-refractivity contribution is 5.74. The van der Waals surface area contributed by atoms with Gasteiger partial charge in [0.2, 0.25) is 0 Å². The monoisotopic (exact) mass is 728 g/mol. The summed E-state index contributed by atoms with van der Waals surface area (Å²) >= 11 is 0. The van der Waals surface area contributed by atoms with Crippen LogP contribution in [0.15, 0.2) is 218 Å². The van der Waals surface area contributed by atoms with Crippen LogP contribution >= 0.6 is 0 Å². The van der Waals surface area contributed by atoms with Crippen molar-refractivity contribution in [3.63, 3.8) is 0 Å². The van der Waals surface area contributed by atoms with Crippen molar-refractivity contribution in [1.29, 1.82) is 0 Å². The predicted octanol–water partition coefficient (Wildman–Crippen LogP) is 14.8. The lowest BCUT2D eigenvalue weighted by Crippen LogP contribution is -2.31. The van der Waals surface area contributed by atoms with Crippen molar-refractivity contribution in [2.24, 2.45) is 0 Å². The summed E-state index contributed by atoms with van der Waals surface area (Å²) in [5, 5.41) is 0. The first-order chi connectivity index (χ1) is 28.2. The van der Waals surface area contributed by atoms with Crippen molar-refractivity contribution in [3.05, 3.63) is 285 Å². The second kappa shape index (κ2) is 17.9. The highest BCUT2D eigenvalue weighted by Gasteiger charge is 2.38. The van der Waals surface area contributed by atoms with Crippen LogP contribution < -0.4 is 0 Å². The van der Waals surface area contributed by atoms with Gasteiger partial charge in [0.25, 0.3) is 0 Å². The minimum atomic E-state index is -0.604. The Morgan fingerprint density at radius 3 is 0.509 bits per heavy atom. The Labute approximate surface area is 337 Å². The first-order valence-electron chi connectivity index (χ1n) is 19.6. The van der Waals surface area contributed by atoms with E-state index in [1.807, 2.05) is 0 Å². The van der Waals surface area contributed by atoms with Crippen LogP contribution in [-0.2, 0) is 5.41 Å². The summed E-state index contributed by atoms with van der Waals surface area (Å²) in [6, 6.07) is 78.3. The van der Waals surface area contributed by atoms with Crippen LogP contribution in [0.3, 0.4) is 0 Å². The van der Waals surface area contributed by atoms with Crippen LogP contribution in [0.2, 0.25) is 0 Å². The average Bonchev–Trinajstić information content (AvgIpc) is 3.29. The highest BCUT2D eigenvalue weighted by Crippen LogP contribution is 2.46. The Bertz CT molecular complexity index is 2200. The van der Waals surface area contributed by atoms with Gasteiger partial charge in [0.1, 0.15) is 0 Å². The average molecular weight is 729 g/mol. The van der Waals surface area contributed by atoms with E-state index >= 15 is 0 Å². The van der Waals surface area contributed by atoms with Gasteiger partial charge >= 0.3 is 0 Å². The van der Waals surface area contributed by atoms with E-state index in [-0.39, 0.29) is 0 Å². The second-order valence-corrected chi connectivity index (χ2v) is 14.2. The van der Waals surface area contributed by atoms with Crippen LogP contribution in [0.4, 0.5) is 0 Å². The van der Waals surface area contributed by atoms with E-state index in [1.54, 1.807) is 0 Å². The number of hydrogen-bond acceptors (Lipinski definition) is 0. The minimum Gasteiger partial charge on any atom is -0.0622 e. The molecule has 8 aromatic carbocycles. The summed E-state index contributed by atoms with van der Waals surface area (Å²) in [6.45, 7) is 0. The molecule has 272 valence electrons. The summed E-state index contributed by atoms with van der Waals surface area (Å²) in [5.41, 5.74) is 13.5. The van der Waals surface area contributed by atoms with Crippen LogP contribution in [-0.4, -0.2) is 0 Å². The molecular formula is C57H44. The van der Waals surface area contributed by atoms with Gasteiger partial charge in [-0.15, -0.1) is 0 Å². The zero-order chi connectivity index (χ0) is 38.5. The topological polar surface area (TPSA) is 0 Å². The molecule has 8 aromatic rings. The number of benzene rings is 8. The van der Waals surface area contributed by atoms with E-state index in [2.05, 4.69) is 267 Å². The van der Waals surface area contributed by atoms with E-state index in [0.717, 1.165) is 22.3 Å². The quantitative estimate of drug-likeness (QED) is 0.0868. The van der Waals surface area contributed by atoms with Crippen LogP contribution in [0, 0.1) is 0 Å². The molecule has 0 heteroatoms. The van der Waals surface area contributed by atoms with Gasteiger partial charge in [-0.2, -0.15) is 0 Å². The second-order valence-electron chi connectivity index (χ2n) is 14.2. The van der Waals surface area contributed by atoms with Gasteiger partial charge in [-0.1, -0.05) is 267 Å². The Hall–Kier alpha value is -7.28. The Morgan fingerprint density at radius 2 is 0.333 bits per heavy atom. The molecule has 0 nitrogen and oxygen atoms in total. The Balaban J connectivity index is 1.25. The van der Waals surface area contributed by atoms with Gasteiger partial charge in [-0.25, -0.2) is 0 Å². The fourth-order valence-corrected chi connectivity index (χ4v) is 7.40. The zero-order valence-electron chi connectivity index (χ0n) is 31.9. The van der Waals surface area contributed by atoms with Crippen molar-refractivity contribution >= 4 is 48.6 Å². The molecule has 0 atom stereocenters. The molecule has 0 bridgehead atoms. The molecule has 0 spiro atoms. The Morgan fingerprint density at radius 1 is 0.175 bits per heavy atom. The molecule has 0 aliphatic carbocycles. The maximum Gasteiger partial charge on any atom is 0.0701 e. The lowest BCUT2D eigenvalue weighted by molar-refractivity contribution is 0.744. The predicted molar refractivity (Wildman–Crippen MR) is 246 cm³/mol. The third-order valence-electron chi connectivity index (χ3n) is 10.4. The summed E-state index contributed by atoms with van der Waals surface area (Å²) in [4.78, 5) is 0. The Kier molecular flexibility index (Phi) is 11.5. The summed E-state index contributed by atoms with van der Waals surface area (Å²) in [7, 11) is 0. The molecule has 0 unspecified atom stereocenters. The molecule has 0 N–H and O–H groups in total. The SMILES string of the molecule is C(=C\c1ccc(C(c2ccc(/C=C/c3ccccc3)cc2)(c2ccc(/C=C/c3ccccc3)cc2)c2ccc(/C=C/c3ccccc3)cc2)cc1)/c1ccccc1. The van der Waals surface area contributed by atoms with E-state index in [4.69, 9.17) is 0 Å². The molecule has 0 aliphatic heterocycles. The molecule has 0 aromatic heterocycles. The van der Waals surface area contributed by atoms with E-state index < -0.39 is 5.41 Å². The zero-order valence-corrected chi connectivity index (χ0v) is 31.9. The van der Waals surface area contributed by atoms with E-state index in [1.165, 1.54) is 44.5 Å². The normalized spacial score (nSPS) is 11.9. The molecule has 0 fully saturated rings. The van der Waals surface area contributed by atoms with Gasteiger partial charge in [-0.3, -0.25) is 0 Å². The van der Waals surface area contributed by atoms with Crippen LogP contribution in [0.1, 0.15) is 66.8 Å². The fourth-order valence-electron chi connectivity index (χ4n) is 7.40. The molecular weight excluding hydrogens is 685 g/mol. The van der Waals surface area contributed by atoms with Crippen molar-refractivity contribution in [2.75, 3.05) is 0 Å². The summed E-state index contributed by atoms with van der Waals surface area (Å²) in [6.07, 6.45) is 17.5. The van der Waals surface area contributed by atoms with Crippen molar-refractivity contribution in [1.82, 2.24) is 0 Å². The smallest absolute Gasteiger partial charge is 0.0622 e. The van der Waals surface area contributed by atoms with Crippen molar-refractivity contribution < 1.29 is 0 Å². The van der Waals surface area contributed by atoms with Gasteiger partial charge in [0.05, 0.1) is 5.41 Å².